The van der Waals surface area contributed by atoms with Crippen molar-refractivity contribution in [2.24, 2.45) is 0 Å². The number of hydrogen-bond donors (Lipinski definition) is 0. The third-order valence-electron chi connectivity index (χ3n) is 2.18. The molecule has 0 unspecified atom stereocenters. The molecule has 0 aromatic rings. The summed E-state index contributed by atoms with van der Waals surface area (Å²) in [6, 6.07) is 0. The van der Waals surface area contributed by atoms with E-state index in [1.165, 1.54) is 37.6 Å². The number of hydrogen-bond acceptors (Lipinski definition) is 3. The molecule has 0 saturated heterocycles. The first-order chi connectivity index (χ1) is 6.35. The van der Waals surface area contributed by atoms with E-state index in [0.29, 0.717) is 0 Å². The van der Waals surface area contributed by atoms with Gasteiger partial charge in [0.2, 0.25) is 0 Å². The van der Waals surface area contributed by atoms with Gasteiger partial charge in [0, 0.05) is 5.75 Å². The van der Waals surface area contributed by atoms with Crippen LogP contribution in [0.4, 0.5) is 0 Å². The molecule has 2 nitrogen and oxygen atoms in total. The maximum absolute atomic E-state index is 8.29. The molecule has 0 fully saturated rings. The maximum Gasteiger partial charge on any atom is 0.133 e. The number of rotatable bonds is 8. The molecular formula is C10H21ClN2S. The fourth-order valence-corrected chi connectivity index (χ4v) is 1.71. The molecule has 0 rings (SSSR count). The molecule has 0 aromatic heterocycles. The highest BCUT2D eigenvalue weighted by molar-refractivity contribution is 8.03. The molecule has 0 radical (unpaired) electrons. The lowest BCUT2D eigenvalue weighted by Crippen LogP contribution is -2.23. The van der Waals surface area contributed by atoms with Gasteiger partial charge in [-0.1, -0.05) is 20.3 Å². The van der Waals surface area contributed by atoms with Crippen molar-refractivity contribution in [3.63, 3.8) is 0 Å². The van der Waals surface area contributed by atoms with E-state index in [0.717, 1.165) is 18.8 Å². The minimum atomic E-state index is 0. The molecule has 0 saturated carbocycles. The molecule has 0 amide bonds. The zero-order valence-corrected chi connectivity index (χ0v) is 10.8. The standard InChI is InChI=1S/C10H20N2S.ClH/c1-3-12(4-2)8-6-5-7-9-13-10-11;/h3-9H2,1-2H3;1H. The van der Waals surface area contributed by atoms with E-state index in [4.69, 9.17) is 5.26 Å². The maximum atomic E-state index is 8.29. The van der Waals surface area contributed by atoms with Gasteiger partial charge in [-0.2, -0.15) is 5.26 Å². The van der Waals surface area contributed by atoms with Gasteiger partial charge in [-0.15, -0.1) is 12.4 Å². The van der Waals surface area contributed by atoms with Crippen LogP contribution in [-0.4, -0.2) is 30.3 Å². The lowest BCUT2D eigenvalue weighted by molar-refractivity contribution is 0.296. The Bertz CT molecular complexity index is 144. The predicted octanol–water partition coefficient (Wildman–Crippen LogP) is 3.13. The Hall–Kier alpha value is 0.0900. The lowest BCUT2D eigenvalue weighted by atomic mass is 10.2. The highest BCUT2D eigenvalue weighted by atomic mass is 35.5. The molecule has 0 atom stereocenters. The van der Waals surface area contributed by atoms with E-state index >= 15 is 0 Å². The first kappa shape index (κ1) is 16.5. The summed E-state index contributed by atoms with van der Waals surface area (Å²) in [6.45, 7) is 7.93. The Labute approximate surface area is 98.5 Å². The van der Waals surface area contributed by atoms with Crippen LogP contribution in [0.1, 0.15) is 33.1 Å². The summed E-state index contributed by atoms with van der Waals surface area (Å²) in [6.07, 6.45) is 3.71. The first-order valence-corrected chi connectivity index (χ1v) is 6.06. The van der Waals surface area contributed by atoms with Crippen molar-refractivity contribution in [2.75, 3.05) is 25.4 Å². The van der Waals surface area contributed by atoms with Crippen LogP contribution in [0.15, 0.2) is 0 Å². The van der Waals surface area contributed by atoms with Crippen LogP contribution in [0, 0.1) is 10.7 Å². The minimum absolute atomic E-state index is 0. The van der Waals surface area contributed by atoms with Crippen molar-refractivity contribution in [3.05, 3.63) is 0 Å². The third-order valence-corrected chi connectivity index (χ3v) is 2.80. The van der Waals surface area contributed by atoms with E-state index in [-0.39, 0.29) is 12.4 Å². The van der Waals surface area contributed by atoms with Gasteiger partial charge in [-0.3, -0.25) is 0 Å². The van der Waals surface area contributed by atoms with Crippen LogP contribution in [0.5, 0.6) is 0 Å². The fraction of sp³-hybridized carbons (Fsp3) is 0.900. The second-order valence-electron chi connectivity index (χ2n) is 3.03. The van der Waals surface area contributed by atoms with Crippen molar-refractivity contribution in [1.29, 1.82) is 5.26 Å². The topological polar surface area (TPSA) is 27.0 Å². The molecule has 0 aromatic carbocycles. The molecule has 0 aliphatic heterocycles. The average Bonchev–Trinajstić information content (AvgIpc) is 2.17. The number of thiocyanates is 1. The number of nitrogens with zero attached hydrogens (tertiary/aromatic N) is 2. The third kappa shape index (κ3) is 10.2. The van der Waals surface area contributed by atoms with Gasteiger partial charge in [-0.05, 0) is 44.2 Å². The van der Waals surface area contributed by atoms with Crippen LogP contribution < -0.4 is 0 Å². The van der Waals surface area contributed by atoms with E-state index in [1.54, 1.807) is 0 Å². The molecule has 4 heteroatoms. The fourth-order valence-electron chi connectivity index (χ4n) is 1.27. The molecule has 0 heterocycles. The van der Waals surface area contributed by atoms with E-state index in [9.17, 15) is 0 Å². The normalized spacial score (nSPS) is 9.57. The smallest absolute Gasteiger partial charge is 0.133 e. The van der Waals surface area contributed by atoms with Crippen molar-refractivity contribution in [3.8, 4) is 5.40 Å². The summed E-state index contributed by atoms with van der Waals surface area (Å²) in [5.74, 6) is 0.995. The number of unbranched alkanes of at least 4 members (excludes halogenated alkanes) is 2. The Morgan fingerprint density at radius 1 is 1.14 bits per heavy atom. The van der Waals surface area contributed by atoms with Gasteiger partial charge in [0.15, 0.2) is 0 Å². The molecule has 0 bridgehead atoms. The quantitative estimate of drug-likeness (QED) is 0.479. The molecule has 84 valence electrons. The SMILES string of the molecule is CCN(CC)CCCCCSC#N.Cl. The summed E-state index contributed by atoms with van der Waals surface area (Å²) in [5, 5.41) is 10.4. The molecule has 0 aliphatic rings. The van der Waals surface area contributed by atoms with Crippen molar-refractivity contribution >= 4 is 24.2 Å². The monoisotopic (exact) mass is 236 g/mol. The average molecular weight is 237 g/mol. The molecular weight excluding hydrogens is 216 g/mol. The molecule has 0 spiro atoms. The van der Waals surface area contributed by atoms with E-state index in [2.05, 4.69) is 24.1 Å². The van der Waals surface area contributed by atoms with Gasteiger partial charge in [-0.25, -0.2) is 0 Å². The van der Waals surface area contributed by atoms with Gasteiger partial charge in [0.05, 0.1) is 0 Å². The van der Waals surface area contributed by atoms with Crippen molar-refractivity contribution in [2.45, 2.75) is 33.1 Å². The van der Waals surface area contributed by atoms with E-state index < -0.39 is 0 Å². The second-order valence-corrected chi connectivity index (χ2v) is 3.91. The zero-order valence-electron chi connectivity index (χ0n) is 9.16. The van der Waals surface area contributed by atoms with Crippen LogP contribution in [-0.2, 0) is 0 Å². The lowest BCUT2D eigenvalue weighted by Gasteiger charge is -2.17. The molecule has 14 heavy (non-hydrogen) atoms. The van der Waals surface area contributed by atoms with Crippen LogP contribution >= 0.6 is 24.2 Å². The van der Waals surface area contributed by atoms with Crippen LogP contribution in [0.3, 0.4) is 0 Å². The largest absolute Gasteiger partial charge is 0.304 e. The molecule has 0 aliphatic carbocycles. The number of thioether (sulfide) groups is 1. The minimum Gasteiger partial charge on any atom is -0.304 e. The zero-order chi connectivity index (χ0) is 9.94. The Morgan fingerprint density at radius 2 is 1.79 bits per heavy atom. The summed E-state index contributed by atoms with van der Waals surface area (Å²) in [4.78, 5) is 2.44. The van der Waals surface area contributed by atoms with Crippen LogP contribution in [0.2, 0.25) is 0 Å². The van der Waals surface area contributed by atoms with Gasteiger partial charge < -0.3 is 4.90 Å². The Balaban J connectivity index is 0. The second kappa shape index (κ2) is 13.1. The Kier molecular flexibility index (Phi) is 15.4. The van der Waals surface area contributed by atoms with Crippen LogP contribution in [0.25, 0.3) is 0 Å². The number of halogens is 1. The summed E-state index contributed by atoms with van der Waals surface area (Å²) >= 11 is 1.37. The summed E-state index contributed by atoms with van der Waals surface area (Å²) in [7, 11) is 0. The Morgan fingerprint density at radius 3 is 2.29 bits per heavy atom. The number of nitriles is 1. The molecule has 0 N–H and O–H groups in total. The predicted molar refractivity (Wildman–Crippen MR) is 67.0 cm³/mol. The van der Waals surface area contributed by atoms with Crippen molar-refractivity contribution in [1.82, 2.24) is 4.90 Å². The highest BCUT2D eigenvalue weighted by Crippen LogP contribution is 2.04. The first-order valence-electron chi connectivity index (χ1n) is 5.08. The summed E-state index contributed by atoms with van der Waals surface area (Å²) < 4.78 is 0. The van der Waals surface area contributed by atoms with Gasteiger partial charge in [0.25, 0.3) is 0 Å². The summed E-state index contributed by atoms with van der Waals surface area (Å²) in [5.41, 5.74) is 0. The van der Waals surface area contributed by atoms with E-state index in [1.807, 2.05) is 0 Å². The highest BCUT2D eigenvalue weighted by Gasteiger charge is 1.97. The van der Waals surface area contributed by atoms with Gasteiger partial charge >= 0.3 is 0 Å². The van der Waals surface area contributed by atoms with Crippen molar-refractivity contribution < 1.29 is 0 Å². The van der Waals surface area contributed by atoms with Gasteiger partial charge in [0.1, 0.15) is 5.40 Å².